The van der Waals surface area contributed by atoms with Crippen LogP contribution in [0.2, 0.25) is 0 Å². The van der Waals surface area contributed by atoms with Crippen molar-refractivity contribution in [3.63, 3.8) is 0 Å². The molecule has 1 aliphatic carbocycles. The molecule has 0 aromatic heterocycles. The first kappa shape index (κ1) is 16.3. The van der Waals surface area contributed by atoms with Gasteiger partial charge in [-0.05, 0) is 61.4 Å². The Kier molecular flexibility index (Phi) is 4.39. The Morgan fingerprint density at radius 3 is 2.38 bits per heavy atom. The molecule has 0 saturated heterocycles. The van der Waals surface area contributed by atoms with Crippen LogP contribution in [0.4, 0.5) is 13.2 Å². The summed E-state index contributed by atoms with van der Waals surface area (Å²) in [6, 6.07) is 4.23. The first-order valence-electron chi connectivity index (χ1n) is 7.52. The maximum atomic E-state index is 12.8. The maximum absolute atomic E-state index is 12.8. The Morgan fingerprint density at radius 1 is 1.29 bits per heavy atom. The van der Waals surface area contributed by atoms with Crippen molar-refractivity contribution in [1.82, 2.24) is 5.32 Å². The first-order valence-corrected chi connectivity index (χ1v) is 7.52. The van der Waals surface area contributed by atoms with Gasteiger partial charge >= 0.3 is 6.18 Å². The highest BCUT2D eigenvalue weighted by atomic mass is 19.4. The average molecular weight is 299 g/mol. The van der Waals surface area contributed by atoms with Gasteiger partial charge in [-0.25, -0.2) is 0 Å². The molecule has 0 aliphatic heterocycles. The lowest BCUT2D eigenvalue weighted by atomic mass is 9.74. The summed E-state index contributed by atoms with van der Waals surface area (Å²) < 4.78 is 38.4. The van der Waals surface area contributed by atoms with Gasteiger partial charge in [0.2, 0.25) is 0 Å². The molecule has 0 bridgehead atoms. The van der Waals surface area contributed by atoms with Gasteiger partial charge in [-0.2, -0.15) is 13.2 Å². The van der Waals surface area contributed by atoms with Gasteiger partial charge in [0.25, 0.3) is 0 Å². The standard InChI is InChI=1S/C17H24F3N/c1-11-10-12(17(18,19)20)7-8-13(11)15(21-4)14-6-5-9-16(14,2)3/h7-8,10,14-15,21H,5-6,9H2,1-4H3. The number of rotatable bonds is 3. The third-order valence-electron chi connectivity index (χ3n) is 4.99. The summed E-state index contributed by atoms with van der Waals surface area (Å²) >= 11 is 0. The van der Waals surface area contributed by atoms with Crippen molar-refractivity contribution in [3.05, 3.63) is 34.9 Å². The molecular formula is C17H24F3N. The van der Waals surface area contributed by atoms with E-state index in [0.717, 1.165) is 12.0 Å². The smallest absolute Gasteiger partial charge is 0.313 e. The Labute approximate surface area is 124 Å². The zero-order valence-corrected chi connectivity index (χ0v) is 13.1. The first-order chi connectivity index (χ1) is 9.66. The average Bonchev–Trinajstić information content (AvgIpc) is 2.71. The van der Waals surface area contributed by atoms with E-state index in [9.17, 15) is 13.2 Å². The summed E-state index contributed by atoms with van der Waals surface area (Å²) in [6.07, 6.45) is -0.783. The summed E-state index contributed by atoms with van der Waals surface area (Å²) in [7, 11) is 1.90. The quantitative estimate of drug-likeness (QED) is 0.818. The lowest BCUT2D eigenvalue weighted by molar-refractivity contribution is -0.137. The number of alkyl halides is 3. The summed E-state index contributed by atoms with van der Waals surface area (Å²) in [5.41, 5.74) is 1.37. The van der Waals surface area contributed by atoms with Crippen LogP contribution < -0.4 is 5.32 Å². The number of hydrogen-bond acceptors (Lipinski definition) is 1. The van der Waals surface area contributed by atoms with Gasteiger partial charge < -0.3 is 5.32 Å². The lowest BCUT2D eigenvalue weighted by Crippen LogP contribution is -2.32. The fourth-order valence-electron chi connectivity index (χ4n) is 3.75. The van der Waals surface area contributed by atoms with Crippen molar-refractivity contribution < 1.29 is 13.2 Å². The molecule has 2 unspecified atom stereocenters. The fourth-order valence-corrected chi connectivity index (χ4v) is 3.75. The third kappa shape index (κ3) is 3.25. The molecule has 2 atom stereocenters. The van der Waals surface area contributed by atoms with Crippen LogP contribution in [-0.2, 0) is 6.18 Å². The summed E-state index contributed by atoms with van der Waals surface area (Å²) in [6.45, 7) is 6.29. The molecule has 21 heavy (non-hydrogen) atoms. The zero-order valence-electron chi connectivity index (χ0n) is 13.1. The molecule has 2 rings (SSSR count). The third-order valence-corrected chi connectivity index (χ3v) is 4.99. The fraction of sp³-hybridized carbons (Fsp3) is 0.647. The Balaban J connectivity index is 2.35. The molecule has 1 aromatic carbocycles. The van der Waals surface area contributed by atoms with Crippen molar-refractivity contribution in [2.45, 2.75) is 52.3 Å². The van der Waals surface area contributed by atoms with Gasteiger partial charge in [-0.1, -0.05) is 26.3 Å². The number of nitrogens with one attached hydrogen (secondary N) is 1. The predicted molar refractivity (Wildman–Crippen MR) is 79.1 cm³/mol. The van der Waals surface area contributed by atoms with E-state index < -0.39 is 11.7 Å². The largest absolute Gasteiger partial charge is 0.416 e. The molecule has 0 amide bonds. The molecule has 0 spiro atoms. The van der Waals surface area contributed by atoms with Gasteiger partial charge in [0.15, 0.2) is 0 Å². The molecule has 0 radical (unpaired) electrons. The molecule has 118 valence electrons. The Hall–Kier alpha value is -1.03. The van der Waals surface area contributed by atoms with Crippen LogP contribution >= 0.6 is 0 Å². The number of halogens is 3. The number of aryl methyl sites for hydroxylation is 1. The van der Waals surface area contributed by atoms with Crippen molar-refractivity contribution in [2.24, 2.45) is 11.3 Å². The second-order valence-electron chi connectivity index (χ2n) is 6.82. The van der Waals surface area contributed by atoms with E-state index in [1.807, 2.05) is 7.05 Å². The highest BCUT2D eigenvalue weighted by Gasteiger charge is 2.40. The van der Waals surface area contributed by atoms with E-state index in [4.69, 9.17) is 0 Å². The van der Waals surface area contributed by atoms with Crippen molar-refractivity contribution in [2.75, 3.05) is 7.05 Å². The van der Waals surface area contributed by atoms with Crippen molar-refractivity contribution >= 4 is 0 Å². The second kappa shape index (κ2) is 5.64. The number of hydrogen-bond donors (Lipinski definition) is 1. The normalized spacial score (nSPS) is 23.3. The highest BCUT2D eigenvalue weighted by Crippen LogP contribution is 2.49. The van der Waals surface area contributed by atoms with E-state index in [0.29, 0.717) is 11.5 Å². The molecule has 1 saturated carbocycles. The van der Waals surface area contributed by atoms with Gasteiger partial charge in [-0.3, -0.25) is 0 Å². The molecule has 1 aromatic rings. The van der Waals surface area contributed by atoms with Crippen LogP contribution in [0.25, 0.3) is 0 Å². The van der Waals surface area contributed by atoms with Crippen LogP contribution in [0, 0.1) is 18.3 Å². The molecule has 1 aliphatic rings. The van der Waals surface area contributed by atoms with Crippen LogP contribution in [0.3, 0.4) is 0 Å². The van der Waals surface area contributed by atoms with Crippen molar-refractivity contribution in [3.8, 4) is 0 Å². The van der Waals surface area contributed by atoms with Gasteiger partial charge in [0.1, 0.15) is 0 Å². The number of benzene rings is 1. The maximum Gasteiger partial charge on any atom is 0.416 e. The SMILES string of the molecule is CNC(c1ccc(C(F)(F)F)cc1C)C1CCCC1(C)C. The van der Waals surface area contributed by atoms with E-state index in [-0.39, 0.29) is 11.5 Å². The van der Waals surface area contributed by atoms with Crippen LogP contribution in [-0.4, -0.2) is 7.05 Å². The van der Waals surface area contributed by atoms with Crippen molar-refractivity contribution in [1.29, 1.82) is 0 Å². The molecular weight excluding hydrogens is 275 g/mol. The minimum absolute atomic E-state index is 0.116. The second-order valence-corrected chi connectivity index (χ2v) is 6.82. The van der Waals surface area contributed by atoms with E-state index >= 15 is 0 Å². The monoisotopic (exact) mass is 299 g/mol. The minimum atomic E-state index is -4.27. The lowest BCUT2D eigenvalue weighted by Gasteiger charge is -2.35. The Bertz CT molecular complexity index is 505. The van der Waals surface area contributed by atoms with Gasteiger partial charge in [0.05, 0.1) is 5.56 Å². The van der Waals surface area contributed by atoms with E-state index in [1.54, 1.807) is 13.0 Å². The minimum Gasteiger partial charge on any atom is -0.313 e. The van der Waals surface area contributed by atoms with Gasteiger partial charge in [-0.15, -0.1) is 0 Å². The van der Waals surface area contributed by atoms with E-state index in [2.05, 4.69) is 19.2 Å². The molecule has 1 N–H and O–H groups in total. The van der Waals surface area contributed by atoms with Crippen LogP contribution in [0.5, 0.6) is 0 Å². The summed E-state index contributed by atoms with van der Waals surface area (Å²) in [5.74, 6) is 0.456. The molecule has 1 nitrogen and oxygen atoms in total. The Morgan fingerprint density at radius 2 is 1.95 bits per heavy atom. The highest BCUT2D eigenvalue weighted by molar-refractivity contribution is 5.35. The topological polar surface area (TPSA) is 12.0 Å². The van der Waals surface area contributed by atoms with E-state index in [1.165, 1.54) is 25.0 Å². The summed E-state index contributed by atoms with van der Waals surface area (Å²) in [5, 5.41) is 3.33. The molecule has 1 fully saturated rings. The molecule has 0 heterocycles. The predicted octanol–water partition coefficient (Wildman–Crippen LogP) is 5.10. The van der Waals surface area contributed by atoms with Crippen LogP contribution in [0.15, 0.2) is 18.2 Å². The molecule has 4 heteroatoms. The van der Waals surface area contributed by atoms with Crippen LogP contribution in [0.1, 0.15) is 55.8 Å². The van der Waals surface area contributed by atoms with Gasteiger partial charge in [0, 0.05) is 6.04 Å². The summed E-state index contributed by atoms with van der Waals surface area (Å²) in [4.78, 5) is 0. The zero-order chi connectivity index (χ0) is 15.8.